The lowest BCUT2D eigenvalue weighted by Gasteiger charge is -2.26. The topological polar surface area (TPSA) is 18.1 Å². The van der Waals surface area contributed by atoms with Gasteiger partial charge in [0.25, 0.3) is 0 Å². The van der Waals surface area contributed by atoms with Crippen molar-refractivity contribution in [1.82, 2.24) is 0 Å². The molecule has 2 N–H and O–H groups in total. The van der Waals surface area contributed by atoms with Crippen molar-refractivity contribution in [2.24, 2.45) is 0 Å². The Hall–Kier alpha value is -3.40. The van der Waals surface area contributed by atoms with Crippen molar-refractivity contribution in [3.63, 3.8) is 0 Å². The van der Waals surface area contributed by atoms with E-state index in [1.54, 1.807) is 9.80 Å². The van der Waals surface area contributed by atoms with E-state index >= 15 is 0 Å². The van der Waals surface area contributed by atoms with Gasteiger partial charge >= 0.3 is 0 Å². The molecule has 0 aliphatic carbocycles. The molecule has 0 radical (unpaired) electrons. The third-order valence-corrected chi connectivity index (χ3v) is 6.60. The van der Waals surface area contributed by atoms with Gasteiger partial charge in [-0.3, -0.25) is 9.80 Å². The standard InChI is InChI=1S/C30H30N2O/c1-4-12-25(13-5-1)22-31-20-21-32(23-26-14-6-2-7-15-26)30(31)28-18-10-11-19-29(28)33-24-27-16-8-3-9-17-27/h1-19,30H,20-24H2/p+2. The quantitative estimate of drug-likeness (QED) is 0.433. The zero-order valence-electron chi connectivity index (χ0n) is 19.0. The molecule has 3 nitrogen and oxygen atoms in total. The fraction of sp³-hybridized carbons (Fsp3) is 0.200. The highest BCUT2D eigenvalue weighted by molar-refractivity contribution is 5.34. The van der Waals surface area contributed by atoms with Gasteiger partial charge in [0.05, 0.1) is 0 Å². The van der Waals surface area contributed by atoms with E-state index in [9.17, 15) is 0 Å². The molecule has 0 spiro atoms. The van der Waals surface area contributed by atoms with Crippen molar-refractivity contribution in [3.05, 3.63) is 138 Å². The number of hydrogen-bond acceptors (Lipinski definition) is 1. The van der Waals surface area contributed by atoms with Crippen LogP contribution in [0.3, 0.4) is 0 Å². The molecule has 0 saturated carbocycles. The maximum Gasteiger partial charge on any atom is 0.244 e. The van der Waals surface area contributed by atoms with Crippen LogP contribution in [0.5, 0.6) is 5.75 Å². The van der Waals surface area contributed by atoms with Gasteiger partial charge in [0.15, 0.2) is 0 Å². The van der Waals surface area contributed by atoms with Gasteiger partial charge < -0.3 is 4.74 Å². The Morgan fingerprint density at radius 1 is 0.545 bits per heavy atom. The minimum atomic E-state index is 0.331. The lowest BCUT2D eigenvalue weighted by molar-refractivity contribution is -1.09. The van der Waals surface area contributed by atoms with Gasteiger partial charge in [0, 0.05) is 11.1 Å². The third kappa shape index (κ3) is 5.33. The molecule has 0 amide bonds. The molecule has 1 saturated heterocycles. The highest BCUT2D eigenvalue weighted by Gasteiger charge is 2.42. The second-order valence-electron chi connectivity index (χ2n) is 8.89. The summed E-state index contributed by atoms with van der Waals surface area (Å²) in [6, 6.07) is 40.8. The van der Waals surface area contributed by atoms with Crippen molar-refractivity contribution >= 4 is 0 Å². The number of para-hydroxylation sites is 1. The highest BCUT2D eigenvalue weighted by Crippen LogP contribution is 2.23. The average molecular weight is 437 g/mol. The van der Waals surface area contributed by atoms with E-state index in [1.165, 1.54) is 22.3 Å². The Morgan fingerprint density at radius 3 is 1.55 bits per heavy atom. The van der Waals surface area contributed by atoms with Crippen molar-refractivity contribution < 1.29 is 14.5 Å². The van der Waals surface area contributed by atoms with Crippen molar-refractivity contribution in [2.75, 3.05) is 13.1 Å². The van der Waals surface area contributed by atoms with Crippen molar-refractivity contribution in [3.8, 4) is 5.75 Å². The van der Waals surface area contributed by atoms with Crippen LogP contribution < -0.4 is 14.5 Å². The lowest BCUT2D eigenvalue weighted by Crippen LogP contribution is -3.22. The van der Waals surface area contributed by atoms with E-state index in [4.69, 9.17) is 4.74 Å². The summed E-state index contributed by atoms with van der Waals surface area (Å²) < 4.78 is 6.41. The van der Waals surface area contributed by atoms with Crippen LogP contribution in [-0.2, 0) is 19.7 Å². The van der Waals surface area contributed by atoms with Crippen LogP contribution in [0, 0.1) is 0 Å². The molecule has 5 rings (SSSR count). The van der Waals surface area contributed by atoms with E-state index in [0.29, 0.717) is 12.8 Å². The molecule has 1 heterocycles. The van der Waals surface area contributed by atoms with Crippen LogP contribution in [0.2, 0.25) is 0 Å². The molecule has 166 valence electrons. The van der Waals surface area contributed by atoms with E-state index < -0.39 is 0 Å². The number of hydrogen-bond donors (Lipinski definition) is 2. The normalized spacial score (nSPS) is 19.9. The first-order valence-electron chi connectivity index (χ1n) is 11.9. The largest absolute Gasteiger partial charge is 0.488 e. The first-order chi connectivity index (χ1) is 16.4. The highest BCUT2D eigenvalue weighted by atomic mass is 16.5. The number of nitrogens with one attached hydrogen (secondary N) is 2. The van der Waals surface area contributed by atoms with Gasteiger partial charge in [0.2, 0.25) is 6.17 Å². The summed E-state index contributed by atoms with van der Waals surface area (Å²) >= 11 is 0. The molecule has 33 heavy (non-hydrogen) atoms. The molecule has 1 aliphatic rings. The van der Waals surface area contributed by atoms with Gasteiger partial charge in [-0.25, -0.2) is 0 Å². The molecular weight excluding hydrogens is 404 g/mol. The second kappa shape index (κ2) is 10.5. The fourth-order valence-corrected chi connectivity index (χ4v) is 5.02. The molecular formula is C30H32N2O+2. The van der Waals surface area contributed by atoms with Gasteiger partial charge in [-0.2, -0.15) is 0 Å². The van der Waals surface area contributed by atoms with Gasteiger partial charge in [-0.05, 0) is 17.7 Å². The Morgan fingerprint density at radius 2 is 1.00 bits per heavy atom. The van der Waals surface area contributed by atoms with Crippen molar-refractivity contribution in [1.29, 1.82) is 0 Å². The van der Waals surface area contributed by atoms with E-state index in [0.717, 1.165) is 31.9 Å². The number of rotatable bonds is 8. The Bertz CT molecular complexity index is 1080. The predicted molar refractivity (Wildman–Crippen MR) is 132 cm³/mol. The lowest BCUT2D eigenvalue weighted by atomic mass is 10.1. The summed E-state index contributed by atoms with van der Waals surface area (Å²) in [6.45, 7) is 4.93. The first kappa shape index (κ1) is 21.4. The summed E-state index contributed by atoms with van der Waals surface area (Å²) in [5.74, 6) is 1.00. The average Bonchev–Trinajstić information content (AvgIpc) is 3.26. The summed E-state index contributed by atoms with van der Waals surface area (Å²) in [6.07, 6.45) is 0.331. The summed E-state index contributed by atoms with van der Waals surface area (Å²) in [7, 11) is 0. The number of quaternary nitrogens is 2. The molecule has 1 fully saturated rings. The molecule has 0 bridgehead atoms. The van der Waals surface area contributed by atoms with Crippen molar-refractivity contribution in [2.45, 2.75) is 25.9 Å². The first-order valence-corrected chi connectivity index (χ1v) is 11.9. The van der Waals surface area contributed by atoms with E-state index in [2.05, 4.69) is 109 Å². The summed E-state index contributed by atoms with van der Waals surface area (Å²) in [5.41, 5.74) is 5.28. The predicted octanol–water partition coefficient (Wildman–Crippen LogP) is 3.45. The van der Waals surface area contributed by atoms with Gasteiger partial charge in [-0.1, -0.05) is 103 Å². The van der Waals surface area contributed by atoms with Crippen LogP contribution in [0.15, 0.2) is 115 Å². The molecule has 3 heteroatoms. The number of benzene rings is 4. The van der Waals surface area contributed by atoms with E-state index in [-0.39, 0.29) is 0 Å². The molecule has 4 aromatic carbocycles. The molecule has 4 aromatic rings. The molecule has 2 atom stereocenters. The monoisotopic (exact) mass is 436 g/mol. The third-order valence-electron chi connectivity index (χ3n) is 6.60. The van der Waals surface area contributed by atoms with Crippen LogP contribution >= 0.6 is 0 Å². The Kier molecular flexibility index (Phi) is 6.81. The Labute approximate surface area is 196 Å². The maximum atomic E-state index is 6.41. The van der Waals surface area contributed by atoms with Gasteiger partial charge in [-0.15, -0.1) is 0 Å². The minimum Gasteiger partial charge on any atom is -0.488 e. The smallest absolute Gasteiger partial charge is 0.244 e. The van der Waals surface area contributed by atoms with Crippen LogP contribution in [0.1, 0.15) is 28.4 Å². The van der Waals surface area contributed by atoms with Crippen LogP contribution in [-0.4, -0.2) is 13.1 Å². The number of ether oxygens (including phenoxy) is 1. The fourth-order valence-electron chi connectivity index (χ4n) is 5.02. The zero-order valence-corrected chi connectivity index (χ0v) is 19.0. The molecule has 2 unspecified atom stereocenters. The van der Waals surface area contributed by atoms with Crippen LogP contribution in [0.25, 0.3) is 0 Å². The second-order valence-corrected chi connectivity index (χ2v) is 8.89. The molecule has 0 aromatic heterocycles. The van der Waals surface area contributed by atoms with Crippen LogP contribution in [0.4, 0.5) is 0 Å². The minimum absolute atomic E-state index is 0.331. The zero-order chi connectivity index (χ0) is 22.3. The summed E-state index contributed by atoms with van der Waals surface area (Å²) in [4.78, 5) is 3.20. The van der Waals surface area contributed by atoms with Gasteiger partial charge in [0.1, 0.15) is 44.1 Å². The maximum absolute atomic E-state index is 6.41. The molecule has 1 aliphatic heterocycles. The van der Waals surface area contributed by atoms with E-state index in [1.807, 2.05) is 6.07 Å². The SMILES string of the molecule is c1ccc(COc2ccccc2C2[NH+](Cc3ccccc3)CC[NH+]2Cc2ccccc2)cc1. The Balaban J connectivity index is 1.43. The summed E-state index contributed by atoms with van der Waals surface area (Å²) in [5, 5.41) is 0.